The Balaban J connectivity index is 1.55. The summed E-state index contributed by atoms with van der Waals surface area (Å²) in [5, 5.41) is 1.38. The zero-order valence-corrected chi connectivity index (χ0v) is 20.8. The van der Waals surface area contributed by atoms with E-state index in [-0.39, 0.29) is 25.7 Å². The highest BCUT2D eigenvalue weighted by Gasteiger charge is 2.47. The number of benzene rings is 2. The molecule has 2 fully saturated rings. The van der Waals surface area contributed by atoms with E-state index in [4.69, 9.17) is 25.9 Å². The first kappa shape index (κ1) is 24.9. The molecule has 0 saturated carbocycles. The lowest BCUT2D eigenvalue weighted by atomic mass is 10.0. The summed E-state index contributed by atoms with van der Waals surface area (Å²) >= 11 is 5.95. The third-order valence-electron chi connectivity index (χ3n) is 6.18. The lowest BCUT2D eigenvalue weighted by molar-refractivity contribution is -0.149. The van der Waals surface area contributed by atoms with Crippen LogP contribution in [0.3, 0.4) is 0 Å². The van der Waals surface area contributed by atoms with E-state index in [1.54, 1.807) is 43.3 Å². The van der Waals surface area contributed by atoms with E-state index in [9.17, 15) is 13.2 Å². The lowest BCUT2D eigenvalue weighted by Crippen LogP contribution is -2.48. The Morgan fingerprint density at radius 3 is 2.68 bits per heavy atom. The Labute approximate surface area is 205 Å². The number of esters is 1. The van der Waals surface area contributed by atoms with Gasteiger partial charge < -0.3 is 9.47 Å². The van der Waals surface area contributed by atoms with Gasteiger partial charge in [0.15, 0.2) is 0 Å². The number of sulfonamides is 1. The minimum atomic E-state index is -3.75. The van der Waals surface area contributed by atoms with Crippen molar-refractivity contribution in [1.29, 1.82) is 0 Å². The number of hydrogen-bond acceptors (Lipinski definition) is 7. The zero-order valence-electron chi connectivity index (χ0n) is 19.2. The molecule has 0 aromatic heterocycles. The molecule has 0 spiro atoms. The van der Waals surface area contributed by atoms with Gasteiger partial charge in [-0.3, -0.25) is 9.63 Å². The van der Waals surface area contributed by atoms with Gasteiger partial charge in [-0.2, -0.15) is 5.06 Å². The van der Waals surface area contributed by atoms with Gasteiger partial charge in [-0.15, -0.1) is 0 Å². The topological polar surface area (TPSA) is 85.4 Å². The summed E-state index contributed by atoms with van der Waals surface area (Å²) in [6.45, 7) is 2.57. The van der Waals surface area contributed by atoms with Crippen LogP contribution in [0.25, 0.3) is 0 Å². The molecule has 34 heavy (non-hydrogen) atoms. The maximum Gasteiger partial charge on any atom is 0.310 e. The highest BCUT2D eigenvalue weighted by Crippen LogP contribution is 2.38. The van der Waals surface area contributed by atoms with Crippen LogP contribution in [0.1, 0.15) is 31.4 Å². The van der Waals surface area contributed by atoms with Crippen molar-refractivity contribution in [2.24, 2.45) is 5.92 Å². The van der Waals surface area contributed by atoms with Gasteiger partial charge in [-0.05, 0) is 61.7 Å². The van der Waals surface area contributed by atoms with Crippen molar-refractivity contribution >= 4 is 27.6 Å². The van der Waals surface area contributed by atoms with E-state index in [1.165, 1.54) is 4.31 Å². The number of carbonyl (C=O) groups is 1. The average Bonchev–Trinajstić information content (AvgIpc) is 3.23. The summed E-state index contributed by atoms with van der Waals surface area (Å²) in [5.41, 5.74) is 0.763. The third kappa shape index (κ3) is 5.39. The highest BCUT2D eigenvalue weighted by molar-refractivity contribution is 7.89. The number of hydroxylamine groups is 2. The quantitative estimate of drug-likeness (QED) is 0.522. The van der Waals surface area contributed by atoms with Crippen molar-refractivity contribution in [2.45, 2.75) is 31.1 Å². The summed E-state index contributed by atoms with van der Waals surface area (Å²) < 4.78 is 39.8. The first-order valence-corrected chi connectivity index (χ1v) is 13.2. The minimum absolute atomic E-state index is 0.0341. The van der Waals surface area contributed by atoms with Crippen molar-refractivity contribution in [3.63, 3.8) is 0 Å². The monoisotopic (exact) mass is 508 g/mol. The number of hydrogen-bond donors (Lipinski definition) is 0. The molecule has 8 nitrogen and oxygen atoms in total. The molecule has 0 amide bonds. The fourth-order valence-corrected chi connectivity index (χ4v) is 6.66. The molecule has 2 aromatic rings. The molecule has 0 unspecified atom stereocenters. The van der Waals surface area contributed by atoms with Crippen molar-refractivity contribution in [3.8, 4) is 11.5 Å². The first-order valence-electron chi connectivity index (χ1n) is 11.3. The molecule has 0 aliphatic carbocycles. The second kappa shape index (κ2) is 10.6. The van der Waals surface area contributed by atoms with Gasteiger partial charge in [0.25, 0.3) is 0 Å². The molecule has 184 valence electrons. The van der Waals surface area contributed by atoms with Gasteiger partial charge in [0, 0.05) is 25.2 Å². The Hall–Kier alpha value is -2.17. The lowest BCUT2D eigenvalue weighted by Gasteiger charge is -2.34. The number of rotatable bonds is 7. The van der Waals surface area contributed by atoms with Crippen LogP contribution in [-0.4, -0.2) is 62.4 Å². The van der Waals surface area contributed by atoms with E-state index in [1.807, 2.05) is 24.3 Å². The molecule has 3 atom stereocenters. The van der Waals surface area contributed by atoms with Crippen LogP contribution in [0.4, 0.5) is 0 Å². The number of carbonyl (C=O) groups excluding carboxylic acids is 1. The van der Waals surface area contributed by atoms with Gasteiger partial charge in [0.05, 0.1) is 25.2 Å². The van der Waals surface area contributed by atoms with E-state index in [2.05, 4.69) is 0 Å². The number of ether oxygens (including phenoxy) is 2. The van der Waals surface area contributed by atoms with Crippen molar-refractivity contribution < 1.29 is 27.5 Å². The molecule has 0 N–H and O–H groups in total. The Bertz CT molecular complexity index is 1110. The fraction of sp³-hybridized carbons (Fsp3) is 0.458. The summed E-state index contributed by atoms with van der Waals surface area (Å²) in [5.74, 6) is 0.417. The molecule has 10 heteroatoms. The van der Waals surface area contributed by atoms with Crippen LogP contribution in [0.2, 0.25) is 5.02 Å². The average molecular weight is 509 g/mol. The Kier molecular flexibility index (Phi) is 7.79. The molecular weight excluding hydrogens is 480 g/mol. The molecule has 0 radical (unpaired) electrons. The van der Waals surface area contributed by atoms with Crippen LogP contribution in [0, 0.1) is 5.92 Å². The third-order valence-corrected chi connectivity index (χ3v) is 8.64. The number of nitrogens with zero attached hydrogens (tertiary/aromatic N) is 2. The molecule has 2 aromatic carbocycles. The molecular formula is C24H29ClN2O6S. The molecule has 0 bridgehead atoms. The van der Waals surface area contributed by atoms with Gasteiger partial charge in [0.2, 0.25) is 10.0 Å². The molecule has 2 saturated heterocycles. The number of piperidine rings is 1. The van der Waals surface area contributed by atoms with Crippen LogP contribution in [-0.2, 0) is 24.4 Å². The summed E-state index contributed by atoms with van der Waals surface area (Å²) in [4.78, 5) is 17.9. The van der Waals surface area contributed by atoms with Crippen molar-refractivity contribution in [3.05, 3.63) is 59.1 Å². The summed E-state index contributed by atoms with van der Waals surface area (Å²) in [6, 6.07) is 13.8. The smallest absolute Gasteiger partial charge is 0.310 e. The fourth-order valence-electron chi connectivity index (χ4n) is 4.49. The van der Waals surface area contributed by atoms with E-state index in [0.717, 1.165) is 5.56 Å². The van der Waals surface area contributed by atoms with Crippen molar-refractivity contribution in [1.82, 2.24) is 9.37 Å². The molecule has 2 aliphatic heterocycles. The molecule has 2 heterocycles. The Morgan fingerprint density at radius 1 is 1.18 bits per heavy atom. The van der Waals surface area contributed by atoms with Gasteiger partial charge in [0.1, 0.15) is 16.7 Å². The van der Waals surface area contributed by atoms with Crippen molar-refractivity contribution in [2.75, 3.05) is 33.4 Å². The van der Waals surface area contributed by atoms with Gasteiger partial charge in [-0.1, -0.05) is 23.7 Å². The number of halogens is 1. The standard InChI is InChI=1S/C24H29ClN2O6S/c1-3-31-24(28)18-7-5-13-27(15-18)34(29,30)22-16-32-26(2)23(22)17-6-4-8-21(14-17)33-20-11-9-19(25)10-12-20/h4,6,8-12,14,18,22-23H,3,5,7,13,15-16H2,1-2H3/t18-,22-,23-/m1/s1. The maximum absolute atomic E-state index is 13.7. The van der Waals surface area contributed by atoms with Crippen LogP contribution in [0.5, 0.6) is 11.5 Å². The summed E-state index contributed by atoms with van der Waals surface area (Å²) in [7, 11) is -2.02. The molecule has 4 rings (SSSR count). The van der Waals surface area contributed by atoms with E-state index < -0.39 is 27.2 Å². The van der Waals surface area contributed by atoms with Gasteiger partial charge >= 0.3 is 5.97 Å². The van der Waals surface area contributed by atoms with Gasteiger partial charge in [-0.25, -0.2) is 12.7 Å². The normalized spacial score (nSPS) is 24.1. The van der Waals surface area contributed by atoms with E-state index in [0.29, 0.717) is 35.9 Å². The molecule has 2 aliphatic rings. The predicted molar refractivity (Wildman–Crippen MR) is 128 cm³/mol. The largest absolute Gasteiger partial charge is 0.466 e. The van der Waals surface area contributed by atoms with Crippen LogP contribution in [0.15, 0.2) is 48.5 Å². The second-order valence-electron chi connectivity index (χ2n) is 8.45. The Morgan fingerprint density at radius 2 is 1.94 bits per heavy atom. The highest BCUT2D eigenvalue weighted by atomic mass is 35.5. The predicted octanol–water partition coefficient (Wildman–Crippen LogP) is 4.02. The summed E-state index contributed by atoms with van der Waals surface area (Å²) in [6.07, 6.45) is 1.24. The first-order chi connectivity index (χ1) is 16.3. The van der Waals surface area contributed by atoms with Crippen LogP contribution >= 0.6 is 11.6 Å². The SMILES string of the molecule is CCOC(=O)[C@@H]1CCCN(S(=O)(=O)[C@@H]2CON(C)[C@@H]2c2cccc(Oc3ccc(Cl)cc3)c2)C1. The minimum Gasteiger partial charge on any atom is -0.466 e. The maximum atomic E-state index is 13.7. The zero-order chi connectivity index (χ0) is 24.3. The van der Waals surface area contributed by atoms with Crippen LogP contribution < -0.4 is 4.74 Å². The van der Waals surface area contributed by atoms with E-state index >= 15 is 0 Å². The second-order valence-corrected chi connectivity index (χ2v) is 11.0.